The lowest BCUT2D eigenvalue weighted by atomic mass is 9.75. The molecule has 2 aromatic carbocycles. The summed E-state index contributed by atoms with van der Waals surface area (Å²) < 4.78 is 53.5. The summed E-state index contributed by atoms with van der Waals surface area (Å²) in [4.78, 5) is 21.7. The fourth-order valence-corrected chi connectivity index (χ4v) is 11.4. The maximum absolute atomic E-state index is 13.7. The molecule has 1 spiro atoms. The molecule has 1 aliphatic carbocycles. The van der Waals surface area contributed by atoms with Gasteiger partial charge < -0.3 is 4.90 Å². The molecule has 3 heterocycles. The Hall–Kier alpha value is -2.34. The lowest BCUT2D eigenvalue weighted by Gasteiger charge is -2.51. The van der Waals surface area contributed by atoms with E-state index in [2.05, 4.69) is 4.72 Å². The Bertz CT molecular complexity index is 1740. The molecule has 1 amide bonds. The molecule has 43 heavy (non-hydrogen) atoms. The predicted octanol–water partition coefficient (Wildman–Crippen LogP) is 5.81. The number of carbonyl (C=O) groups excluding carboxylic acids is 1. The van der Waals surface area contributed by atoms with Crippen molar-refractivity contribution >= 4 is 47.9 Å². The largest absolute Gasteiger partial charge is 0.335 e. The lowest BCUT2D eigenvalue weighted by Crippen LogP contribution is -2.60. The first-order valence-electron chi connectivity index (χ1n) is 15.3. The van der Waals surface area contributed by atoms with Crippen LogP contribution in [0.25, 0.3) is 21.2 Å². The third kappa shape index (κ3) is 6.41. The Balaban J connectivity index is 1.36. The van der Waals surface area contributed by atoms with Crippen molar-refractivity contribution in [3.05, 3.63) is 47.1 Å². The molecule has 11 heteroatoms. The molecule has 0 atom stereocenters. The number of thiazole rings is 1. The number of hydrogen-bond donors (Lipinski definition) is 1. The van der Waals surface area contributed by atoms with Gasteiger partial charge in [0.25, 0.3) is 5.91 Å². The molecule has 1 N–H and O–H groups in total. The van der Waals surface area contributed by atoms with E-state index in [9.17, 15) is 21.6 Å². The van der Waals surface area contributed by atoms with Gasteiger partial charge in [-0.3, -0.25) is 4.79 Å². The Morgan fingerprint density at radius 3 is 2.33 bits per heavy atom. The molecule has 8 nitrogen and oxygen atoms in total. The summed E-state index contributed by atoms with van der Waals surface area (Å²) in [6.07, 6.45) is 7.98. The lowest BCUT2D eigenvalue weighted by molar-refractivity contribution is 0.000299. The van der Waals surface area contributed by atoms with Crippen molar-refractivity contribution in [1.29, 1.82) is 0 Å². The van der Waals surface area contributed by atoms with Gasteiger partial charge in [-0.15, -0.1) is 11.3 Å². The van der Waals surface area contributed by atoms with E-state index in [1.54, 1.807) is 6.07 Å². The minimum Gasteiger partial charge on any atom is -0.335 e. The number of nitrogens with zero attached hydrogens (tertiary/aromatic N) is 2. The second kappa shape index (κ2) is 11.2. The Morgan fingerprint density at radius 2 is 1.67 bits per heavy atom. The number of sulfone groups is 1. The summed E-state index contributed by atoms with van der Waals surface area (Å²) in [6.45, 7) is 6.62. The van der Waals surface area contributed by atoms with Crippen molar-refractivity contribution in [3.63, 3.8) is 0 Å². The second-order valence-corrected chi connectivity index (χ2v) is 18.8. The van der Waals surface area contributed by atoms with Crippen molar-refractivity contribution in [3.8, 4) is 10.4 Å². The van der Waals surface area contributed by atoms with Crippen LogP contribution in [0.2, 0.25) is 0 Å². The first kappa shape index (κ1) is 30.7. The predicted molar refractivity (Wildman–Crippen MR) is 172 cm³/mol. The number of amides is 1. The van der Waals surface area contributed by atoms with E-state index in [-0.39, 0.29) is 27.7 Å². The van der Waals surface area contributed by atoms with Crippen LogP contribution in [-0.2, 0) is 26.3 Å². The molecule has 0 unspecified atom stereocenters. The molecule has 0 bridgehead atoms. The minimum absolute atomic E-state index is 0.0926. The van der Waals surface area contributed by atoms with Gasteiger partial charge in [0, 0.05) is 35.0 Å². The number of aromatic nitrogens is 1. The maximum atomic E-state index is 13.7. The zero-order valence-corrected chi connectivity index (χ0v) is 27.6. The van der Waals surface area contributed by atoms with E-state index in [1.165, 1.54) is 30.6 Å². The number of sulfonamides is 1. The van der Waals surface area contributed by atoms with Gasteiger partial charge >= 0.3 is 0 Å². The van der Waals surface area contributed by atoms with E-state index >= 15 is 0 Å². The minimum atomic E-state index is -3.77. The van der Waals surface area contributed by atoms with Gasteiger partial charge in [0.2, 0.25) is 10.0 Å². The fraction of sp³-hybridized carbons (Fsp3) is 0.562. The Kier molecular flexibility index (Phi) is 8.01. The monoisotopic (exact) mass is 643 g/mol. The van der Waals surface area contributed by atoms with Gasteiger partial charge in [-0.05, 0) is 57.4 Å². The van der Waals surface area contributed by atoms with Crippen LogP contribution in [0.3, 0.4) is 0 Å². The summed E-state index contributed by atoms with van der Waals surface area (Å²) in [5.41, 5.74) is 1.09. The van der Waals surface area contributed by atoms with Crippen LogP contribution in [0.4, 0.5) is 0 Å². The van der Waals surface area contributed by atoms with Gasteiger partial charge in [0.15, 0.2) is 5.01 Å². The quantitative estimate of drug-likeness (QED) is 0.363. The topological polar surface area (TPSA) is 114 Å². The van der Waals surface area contributed by atoms with Crippen LogP contribution in [0.15, 0.2) is 41.3 Å². The normalized spacial score (nSPS) is 20.8. The average molecular weight is 644 g/mol. The molecule has 1 saturated carbocycles. The summed E-state index contributed by atoms with van der Waals surface area (Å²) >= 11 is 1.40. The molecule has 3 aliphatic rings. The molecular formula is C32H41N3O5S3. The molecule has 6 rings (SSSR count). The highest BCUT2D eigenvalue weighted by Crippen LogP contribution is 2.44. The van der Waals surface area contributed by atoms with E-state index < -0.39 is 25.4 Å². The van der Waals surface area contributed by atoms with E-state index in [0.29, 0.717) is 42.2 Å². The first-order valence-corrected chi connectivity index (χ1v) is 19.4. The van der Waals surface area contributed by atoms with Crippen molar-refractivity contribution in [2.45, 2.75) is 82.6 Å². The number of benzene rings is 2. The molecule has 1 aromatic heterocycles. The van der Waals surface area contributed by atoms with Crippen LogP contribution >= 0.6 is 11.3 Å². The fourth-order valence-electron chi connectivity index (χ4n) is 6.95. The number of nitrogens with one attached hydrogen (secondary N) is 1. The third-order valence-corrected chi connectivity index (χ3v) is 13.8. The molecular weight excluding hydrogens is 603 g/mol. The average Bonchev–Trinajstić information content (AvgIpc) is 3.33. The number of fused-ring (bicyclic) bond motifs is 1. The zero-order valence-electron chi connectivity index (χ0n) is 25.2. The van der Waals surface area contributed by atoms with Crippen LogP contribution < -0.4 is 4.72 Å². The zero-order chi connectivity index (χ0) is 30.6. The van der Waals surface area contributed by atoms with E-state index in [4.69, 9.17) is 4.98 Å². The van der Waals surface area contributed by atoms with Gasteiger partial charge in [-0.1, -0.05) is 62.4 Å². The molecule has 2 aliphatic heterocycles. The Morgan fingerprint density at radius 1 is 1.02 bits per heavy atom. The highest BCUT2D eigenvalue weighted by molar-refractivity contribution is 7.91. The molecule has 0 radical (unpaired) electrons. The number of hydrogen-bond acceptors (Lipinski definition) is 7. The number of carbonyl (C=O) groups is 1. The van der Waals surface area contributed by atoms with Crippen LogP contribution in [0.1, 0.15) is 81.2 Å². The van der Waals surface area contributed by atoms with Crippen LogP contribution in [-0.4, -0.2) is 62.8 Å². The molecule has 232 valence electrons. The van der Waals surface area contributed by atoms with Gasteiger partial charge in [-0.25, -0.2) is 26.5 Å². The SMILES string of the molecule is CC(C)(C)NS(=O)(=O)c1ccc(-c2sc(C(=O)N3CC4(CCS(=O)(=O)CC4)C3)nc2CC2CCCCC2)c2ccccc12. The van der Waals surface area contributed by atoms with E-state index in [0.717, 1.165) is 40.8 Å². The summed E-state index contributed by atoms with van der Waals surface area (Å²) in [5.74, 6) is 0.812. The van der Waals surface area contributed by atoms with Gasteiger partial charge in [0.05, 0.1) is 27.0 Å². The van der Waals surface area contributed by atoms with E-state index in [1.807, 2.05) is 56.0 Å². The Labute approximate surface area is 259 Å². The summed E-state index contributed by atoms with van der Waals surface area (Å²) in [6, 6.07) is 11.1. The van der Waals surface area contributed by atoms with Crippen molar-refractivity contribution in [2.24, 2.45) is 11.3 Å². The van der Waals surface area contributed by atoms with Gasteiger partial charge in [0.1, 0.15) is 9.84 Å². The van der Waals surface area contributed by atoms with Crippen molar-refractivity contribution in [1.82, 2.24) is 14.6 Å². The van der Waals surface area contributed by atoms with Crippen LogP contribution in [0, 0.1) is 11.3 Å². The van der Waals surface area contributed by atoms with Crippen LogP contribution in [0.5, 0.6) is 0 Å². The molecule has 3 fully saturated rings. The van der Waals surface area contributed by atoms with Gasteiger partial charge in [-0.2, -0.15) is 0 Å². The number of rotatable bonds is 6. The molecule has 2 saturated heterocycles. The summed E-state index contributed by atoms with van der Waals surface area (Å²) in [7, 11) is -6.74. The highest BCUT2D eigenvalue weighted by Gasteiger charge is 2.48. The first-order chi connectivity index (χ1) is 20.2. The highest BCUT2D eigenvalue weighted by atomic mass is 32.2. The standard InChI is InChI=1S/C32H41N3O5S3/c1-31(2,3)34-43(39,40)27-14-13-25(23-11-7-8-12-24(23)27)28-26(19-22-9-5-4-6-10-22)33-29(41-28)30(36)35-20-32(21-35)15-17-42(37,38)18-16-32/h7-8,11-14,22,34H,4-6,9-10,15-21H2,1-3H3. The summed E-state index contributed by atoms with van der Waals surface area (Å²) in [5, 5.41) is 1.91. The third-order valence-electron chi connectivity index (χ3n) is 9.17. The van der Waals surface area contributed by atoms with Crippen molar-refractivity contribution in [2.75, 3.05) is 24.6 Å². The maximum Gasteiger partial charge on any atom is 0.282 e. The molecule has 3 aromatic rings. The smallest absolute Gasteiger partial charge is 0.282 e. The second-order valence-electron chi connectivity index (χ2n) is 13.8. The van der Waals surface area contributed by atoms with Crippen molar-refractivity contribution < 1.29 is 21.6 Å². The number of likely N-dealkylation sites (tertiary alicyclic amines) is 1.